The zero-order valence-electron chi connectivity index (χ0n) is 15.7. The van der Waals surface area contributed by atoms with E-state index in [2.05, 4.69) is 30.5 Å². The van der Waals surface area contributed by atoms with Crippen LogP contribution in [-0.4, -0.2) is 31.2 Å². The first-order valence-electron chi connectivity index (χ1n) is 9.06. The van der Waals surface area contributed by atoms with Gasteiger partial charge < -0.3 is 15.5 Å². The van der Waals surface area contributed by atoms with Gasteiger partial charge in [-0.1, -0.05) is 0 Å². The molecule has 8 nitrogen and oxygen atoms in total. The van der Waals surface area contributed by atoms with Gasteiger partial charge in [-0.3, -0.25) is 4.98 Å². The van der Waals surface area contributed by atoms with Gasteiger partial charge in [0.1, 0.15) is 11.5 Å². The monoisotopic (exact) mass is 365 g/mol. The van der Waals surface area contributed by atoms with Gasteiger partial charge in [-0.05, 0) is 45.2 Å². The summed E-state index contributed by atoms with van der Waals surface area (Å²) < 4.78 is 5.51. The molecule has 3 N–H and O–H groups in total. The number of pyridine rings is 1. The fourth-order valence-electron chi connectivity index (χ4n) is 3.64. The Labute approximate surface area is 157 Å². The van der Waals surface area contributed by atoms with Gasteiger partial charge in [-0.2, -0.15) is 5.10 Å². The van der Waals surface area contributed by atoms with E-state index < -0.39 is 5.54 Å². The van der Waals surface area contributed by atoms with Gasteiger partial charge in [-0.25, -0.2) is 9.97 Å². The van der Waals surface area contributed by atoms with Crippen molar-refractivity contribution in [3.05, 3.63) is 47.6 Å². The van der Waals surface area contributed by atoms with Crippen molar-refractivity contribution in [1.82, 2.24) is 25.1 Å². The highest BCUT2D eigenvalue weighted by atomic mass is 16.4. The molecule has 3 aromatic heterocycles. The predicted molar refractivity (Wildman–Crippen MR) is 101 cm³/mol. The number of nitrogens with one attached hydrogen (secondary N) is 1. The molecule has 1 aliphatic rings. The predicted octanol–water partition coefficient (Wildman–Crippen LogP) is 2.67. The van der Waals surface area contributed by atoms with E-state index in [0.29, 0.717) is 11.8 Å². The number of oxazole rings is 1. The number of nitrogens with zero attached hydrogens (tertiary/aromatic N) is 5. The minimum atomic E-state index is -0.469. The van der Waals surface area contributed by atoms with Crippen LogP contribution in [0.1, 0.15) is 42.3 Å². The highest BCUT2D eigenvalue weighted by molar-refractivity contribution is 5.60. The van der Waals surface area contributed by atoms with Crippen LogP contribution < -0.4 is 11.1 Å². The Morgan fingerprint density at radius 1 is 1.15 bits per heavy atom. The standard InChI is InChI=1S/C19H23N7O/c1-11-9-22-18(26-25-11)24-15-6-7-19(20,8-15)16-5-4-14(10-21-16)17-12(2)27-13(3)23-17/h4-5,9-10,15H,6-8,20H2,1-3H3,(H,22,24,26). The maximum Gasteiger partial charge on any atom is 0.242 e. The van der Waals surface area contributed by atoms with Crippen LogP contribution in [0.2, 0.25) is 0 Å². The molecule has 2 atom stereocenters. The molecular weight excluding hydrogens is 342 g/mol. The molecule has 1 fully saturated rings. The van der Waals surface area contributed by atoms with Crippen LogP contribution in [0.5, 0.6) is 0 Å². The van der Waals surface area contributed by atoms with Crippen LogP contribution in [-0.2, 0) is 5.54 Å². The number of hydrogen-bond acceptors (Lipinski definition) is 8. The fraction of sp³-hybridized carbons (Fsp3) is 0.421. The second-order valence-corrected chi connectivity index (χ2v) is 7.23. The molecule has 0 amide bonds. The van der Waals surface area contributed by atoms with Gasteiger partial charge in [0.15, 0.2) is 5.89 Å². The molecule has 4 rings (SSSR count). The fourth-order valence-corrected chi connectivity index (χ4v) is 3.64. The van der Waals surface area contributed by atoms with Gasteiger partial charge in [0.25, 0.3) is 0 Å². The van der Waals surface area contributed by atoms with E-state index in [9.17, 15) is 0 Å². The van der Waals surface area contributed by atoms with Gasteiger partial charge in [0.2, 0.25) is 5.95 Å². The van der Waals surface area contributed by atoms with Crippen LogP contribution in [0.3, 0.4) is 0 Å². The highest BCUT2D eigenvalue weighted by Crippen LogP contribution is 2.37. The van der Waals surface area contributed by atoms with Crippen molar-refractivity contribution >= 4 is 5.95 Å². The van der Waals surface area contributed by atoms with E-state index in [1.165, 1.54) is 0 Å². The minimum Gasteiger partial charge on any atom is -0.446 e. The van der Waals surface area contributed by atoms with Crippen molar-refractivity contribution < 1.29 is 4.42 Å². The number of aryl methyl sites for hydroxylation is 3. The van der Waals surface area contributed by atoms with Crippen LogP contribution in [0, 0.1) is 20.8 Å². The molecule has 2 unspecified atom stereocenters. The summed E-state index contributed by atoms with van der Waals surface area (Å²) in [6.45, 7) is 5.61. The Kier molecular flexibility index (Phi) is 4.35. The molecule has 1 saturated carbocycles. The van der Waals surface area contributed by atoms with E-state index in [-0.39, 0.29) is 6.04 Å². The number of rotatable bonds is 4. The van der Waals surface area contributed by atoms with Crippen LogP contribution in [0.25, 0.3) is 11.3 Å². The van der Waals surface area contributed by atoms with E-state index >= 15 is 0 Å². The lowest BCUT2D eigenvalue weighted by atomic mass is 9.93. The maximum atomic E-state index is 6.68. The van der Waals surface area contributed by atoms with Crippen molar-refractivity contribution in [2.45, 2.75) is 51.6 Å². The van der Waals surface area contributed by atoms with Gasteiger partial charge in [0.05, 0.1) is 23.1 Å². The number of nitrogens with two attached hydrogens (primary N) is 1. The van der Waals surface area contributed by atoms with Crippen molar-refractivity contribution in [2.24, 2.45) is 5.73 Å². The lowest BCUT2D eigenvalue weighted by molar-refractivity contribution is 0.443. The summed E-state index contributed by atoms with van der Waals surface area (Å²) in [5, 5.41) is 11.4. The topological polar surface area (TPSA) is 116 Å². The molecule has 3 heterocycles. The van der Waals surface area contributed by atoms with Crippen LogP contribution in [0.15, 0.2) is 28.9 Å². The molecular formula is C19H23N7O. The summed E-state index contributed by atoms with van der Waals surface area (Å²) in [5.74, 6) is 1.98. The Morgan fingerprint density at radius 3 is 2.63 bits per heavy atom. The largest absolute Gasteiger partial charge is 0.446 e. The maximum absolute atomic E-state index is 6.68. The summed E-state index contributed by atoms with van der Waals surface area (Å²) in [6.07, 6.45) is 6.06. The van der Waals surface area contributed by atoms with Crippen LogP contribution >= 0.6 is 0 Å². The smallest absolute Gasteiger partial charge is 0.242 e. The SMILES string of the molecule is Cc1cnc(NC2CCC(N)(c3ccc(-c4nc(C)oc4C)cn3)C2)nn1. The zero-order valence-corrected chi connectivity index (χ0v) is 15.7. The summed E-state index contributed by atoms with van der Waals surface area (Å²) >= 11 is 0. The van der Waals surface area contributed by atoms with Crippen molar-refractivity contribution in [3.8, 4) is 11.3 Å². The molecule has 8 heteroatoms. The zero-order chi connectivity index (χ0) is 19.0. The Morgan fingerprint density at radius 2 is 2.00 bits per heavy atom. The molecule has 27 heavy (non-hydrogen) atoms. The summed E-state index contributed by atoms with van der Waals surface area (Å²) in [7, 11) is 0. The molecule has 1 aliphatic carbocycles. The first-order valence-corrected chi connectivity index (χ1v) is 9.06. The molecule has 0 saturated heterocycles. The van der Waals surface area contributed by atoms with Gasteiger partial charge in [-0.15, -0.1) is 5.10 Å². The number of hydrogen-bond donors (Lipinski definition) is 2. The third-order valence-electron chi connectivity index (χ3n) is 5.01. The first-order chi connectivity index (χ1) is 12.9. The highest BCUT2D eigenvalue weighted by Gasteiger charge is 2.38. The lowest BCUT2D eigenvalue weighted by Crippen LogP contribution is -2.36. The average molecular weight is 365 g/mol. The third kappa shape index (κ3) is 3.52. The summed E-state index contributed by atoms with van der Waals surface area (Å²) in [6, 6.07) is 4.20. The van der Waals surface area contributed by atoms with E-state index in [1.54, 1.807) is 6.20 Å². The lowest BCUT2D eigenvalue weighted by Gasteiger charge is -2.24. The molecule has 0 bridgehead atoms. The third-order valence-corrected chi connectivity index (χ3v) is 5.01. The van der Waals surface area contributed by atoms with Gasteiger partial charge >= 0.3 is 0 Å². The summed E-state index contributed by atoms with van der Waals surface area (Å²) in [5.41, 5.74) is 9.65. The van der Waals surface area contributed by atoms with Gasteiger partial charge in [0, 0.05) is 24.7 Å². The summed E-state index contributed by atoms with van der Waals surface area (Å²) in [4.78, 5) is 13.3. The molecule has 3 aromatic rings. The molecule has 140 valence electrons. The Hall–Kier alpha value is -2.87. The molecule has 0 spiro atoms. The normalized spacial score (nSPS) is 22.1. The quantitative estimate of drug-likeness (QED) is 0.725. The number of anilines is 1. The van der Waals surface area contributed by atoms with Crippen molar-refractivity contribution in [2.75, 3.05) is 5.32 Å². The van der Waals surface area contributed by atoms with E-state index in [4.69, 9.17) is 10.2 Å². The van der Waals surface area contributed by atoms with E-state index in [1.807, 2.05) is 39.1 Å². The second kappa shape index (κ2) is 6.70. The van der Waals surface area contributed by atoms with Crippen molar-refractivity contribution in [3.63, 3.8) is 0 Å². The van der Waals surface area contributed by atoms with Crippen molar-refractivity contribution in [1.29, 1.82) is 0 Å². The minimum absolute atomic E-state index is 0.196. The molecule has 0 aliphatic heterocycles. The number of aromatic nitrogens is 5. The molecule has 0 radical (unpaired) electrons. The first kappa shape index (κ1) is 17.5. The Balaban J connectivity index is 1.48. The van der Waals surface area contributed by atoms with Crippen LogP contribution in [0.4, 0.5) is 5.95 Å². The second-order valence-electron chi connectivity index (χ2n) is 7.23. The van der Waals surface area contributed by atoms with E-state index in [0.717, 1.165) is 47.7 Å². The average Bonchev–Trinajstić information content (AvgIpc) is 3.20. The molecule has 0 aromatic carbocycles. The Bertz CT molecular complexity index is 936.